The fraction of sp³-hybridized carbons (Fsp3) is 0.368. The van der Waals surface area contributed by atoms with Crippen molar-refractivity contribution in [2.24, 2.45) is 5.92 Å². The van der Waals surface area contributed by atoms with Crippen molar-refractivity contribution in [2.45, 2.75) is 31.7 Å². The number of hydrogen-bond donors (Lipinski definition) is 1. The first-order valence-electron chi connectivity index (χ1n) is 8.02. The molecule has 0 aromatic heterocycles. The van der Waals surface area contributed by atoms with Gasteiger partial charge in [0.1, 0.15) is 0 Å². The van der Waals surface area contributed by atoms with Crippen molar-refractivity contribution in [3.8, 4) is 0 Å². The molecule has 128 valence electrons. The van der Waals surface area contributed by atoms with Crippen molar-refractivity contribution in [3.05, 3.63) is 42.5 Å². The van der Waals surface area contributed by atoms with Crippen LogP contribution in [0.4, 0.5) is 0 Å². The van der Waals surface area contributed by atoms with Crippen LogP contribution < -0.4 is 5.32 Å². The van der Waals surface area contributed by atoms with Crippen LogP contribution in [0.15, 0.2) is 47.4 Å². The van der Waals surface area contributed by atoms with Gasteiger partial charge in [0, 0.05) is 10.9 Å². The second kappa shape index (κ2) is 8.73. The molecule has 2 rings (SSSR count). The summed E-state index contributed by atoms with van der Waals surface area (Å²) >= 11 is 1.41. The number of benzene rings is 2. The highest BCUT2D eigenvalue weighted by Gasteiger charge is 2.13. The largest absolute Gasteiger partial charge is 0.455 e. The first-order chi connectivity index (χ1) is 11.5. The topological polar surface area (TPSA) is 55.4 Å². The lowest BCUT2D eigenvalue weighted by Crippen LogP contribution is -2.38. The normalized spacial score (nSPS) is 12.2. The van der Waals surface area contributed by atoms with Crippen LogP contribution in [0.3, 0.4) is 0 Å². The smallest absolute Gasteiger partial charge is 0.316 e. The summed E-state index contributed by atoms with van der Waals surface area (Å²) in [5, 5.41) is 5.11. The van der Waals surface area contributed by atoms with Gasteiger partial charge in [0.25, 0.3) is 5.91 Å². The van der Waals surface area contributed by atoms with Gasteiger partial charge in [0.2, 0.25) is 0 Å². The summed E-state index contributed by atoms with van der Waals surface area (Å²) in [6, 6.07) is 14.2. The molecule has 5 heteroatoms. The van der Waals surface area contributed by atoms with E-state index in [0.717, 1.165) is 10.3 Å². The van der Waals surface area contributed by atoms with Gasteiger partial charge in [-0.25, -0.2) is 0 Å². The van der Waals surface area contributed by atoms with E-state index in [1.54, 1.807) is 0 Å². The number of fused-ring (bicyclic) bond motifs is 1. The van der Waals surface area contributed by atoms with Gasteiger partial charge >= 0.3 is 5.97 Å². The third-order valence-corrected chi connectivity index (χ3v) is 4.80. The number of esters is 1. The SMILES string of the molecule is CC(C)[C@@H](C)NC(=O)COC(=O)CSc1ccc2ccccc2c1. The molecule has 0 aliphatic carbocycles. The average molecular weight is 345 g/mol. The van der Waals surface area contributed by atoms with Crippen LogP contribution in [0.2, 0.25) is 0 Å². The van der Waals surface area contributed by atoms with E-state index < -0.39 is 0 Å². The minimum atomic E-state index is -0.388. The second-order valence-corrected chi connectivity index (χ2v) is 7.11. The maximum absolute atomic E-state index is 11.8. The van der Waals surface area contributed by atoms with Crippen LogP contribution in [0.1, 0.15) is 20.8 Å². The molecule has 2 aromatic carbocycles. The molecule has 0 unspecified atom stereocenters. The molecule has 1 atom stereocenters. The molecule has 2 aromatic rings. The molecular weight excluding hydrogens is 322 g/mol. The lowest BCUT2D eigenvalue weighted by molar-refractivity contribution is -0.146. The molecule has 0 bridgehead atoms. The van der Waals surface area contributed by atoms with Gasteiger partial charge in [0.15, 0.2) is 6.61 Å². The van der Waals surface area contributed by atoms with Crippen molar-refractivity contribution in [3.63, 3.8) is 0 Å². The van der Waals surface area contributed by atoms with Crippen molar-refractivity contribution in [1.82, 2.24) is 5.32 Å². The highest BCUT2D eigenvalue weighted by Crippen LogP contribution is 2.23. The van der Waals surface area contributed by atoms with Gasteiger partial charge in [0.05, 0.1) is 5.75 Å². The maximum Gasteiger partial charge on any atom is 0.316 e. The van der Waals surface area contributed by atoms with E-state index in [1.165, 1.54) is 17.1 Å². The Kier molecular flexibility index (Phi) is 6.67. The Hall–Kier alpha value is -2.01. The van der Waals surface area contributed by atoms with Crippen molar-refractivity contribution >= 4 is 34.4 Å². The first-order valence-corrected chi connectivity index (χ1v) is 9.01. The van der Waals surface area contributed by atoms with Crippen molar-refractivity contribution in [2.75, 3.05) is 12.4 Å². The summed E-state index contributed by atoms with van der Waals surface area (Å²) in [4.78, 5) is 24.5. The predicted octanol–water partition coefficient (Wildman–Crippen LogP) is 3.64. The quantitative estimate of drug-likeness (QED) is 0.615. The molecule has 24 heavy (non-hydrogen) atoms. The molecule has 0 heterocycles. The first kappa shape index (κ1) is 18.3. The van der Waals surface area contributed by atoms with Gasteiger partial charge in [-0.2, -0.15) is 0 Å². The molecule has 4 nitrogen and oxygen atoms in total. The minimum absolute atomic E-state index is 0.0585. The number of hydrogen-bond acceptors (Lipinski definition) is 4. The van der Waals surface area contributed by atoms with E-state index >= 15 is 0 Å². The van der Waals surface area contributed by atoms with Gasteiger partial charge in [-0.15, -0.1) is 11.8 Å². The van der Waals surface area contributed by atoms with E-state index in [1.807, 2.05) is 57.2 Å². The van der Waals surface area contributed by atoms with Crippen LogP contribution in [0, 0.1) is 5.92 Å². The molecular formula is C19H23NO3S. The van der Waals surface area contributed by atoms with Crippen LogP contribution in [0.5, 0.6) is 0 Å². The van der Waals surface area contributed by atoms with Crippen molar-refractivity contribution < 1.29 is 14.3 Å². The van der Waals surface area contributed by atoms with Gasteiger partial charge in [-0.3, -0.25) is 9.59 Å². The van der Waals surface area contributed by atoms with Crippen LogP contribution in [0.25, 0.3) is 10.8 Å². The Morgan fingerprint density at radius 3 is 2.50 bits per heavy atom. The number of amides is 1. The molecule has 0 aliphatic heterocycles. The fourth-order valence-corrected chi connectivity index (χ4v) is 2.79. The highest BCUT2D eigenvalue weighted by atomic mass is 32.2. The number of ether oxygens (including phenoxy) is 1. The molecule has 0 saturated carbocycles. The third kappa shape index (κ3) is 5.57. The zero-order valence-electron chi connectivity index (χ0n) is 14.2. The van der Waals surface area contributed by atoms with Crippen molar-refractivity contribution in [1.29, 1.82) is 0 Å². The lowest BCUT2D eigenvalue weighted by atomic mass is 10.1. The monoisotopic (exact) mass is 345 g/mol. The van der Waals surface area contributed by atoms with E-state index in [-0.39, 0.29) is 30.3 Å². The summed E-state index contributed by atoms with van der Waals surface area (Å²) in [5.41, 5.74) is 0. The molecule has 0 radical (unpaired) electrons. The number of nitrogens with one attached hydrogen (secondary N) is 1. The summed E-state index contributed by atoms with van der Waals surface area (Å²) in [7, 11) is 0. The fourth-order valence-electron chi connectivity index (χ4n) is 2.05. The Morgan fingerprint density at radius 1 is 1.08 bits per heavy atom. The standard InChI is InChI=1S/C19H23NO3S/c1-13(2)14(3)20-18(21)11-23-19(22)12-24-17-9-8-15-6-4-5-7-16(15)10-17/h4-10,13-14H,11-12H2,1-3H3,(H,20,21)/t14-/m1/s1. The Bertz CT molecular complexity index is 715. The zero-order chi connectivity index (χ0) is 17.5. The molecule has 0 aliphatic rings. The Labute approximate surface area is 147 Å². The summed E-state index contributed by atoms with van der Waals surface area (Å²) in [6.45, 7) is 5.75. The van der Waals surface area contributed by atoms with Crippen LogP contribution in [-0.4, -0.2) is 30.3 Å². The molecule has 1 N–H and O–H groups in total. The van der Waals surface area contributed by atoms with Gasteiger partial charge < -0.3 is 10.1 Å². The average Bonchev–Trinajstić information content (AvgIpc) is 2.57. The molecule has 0 saturated heterocycles. The second-order valence-electron chi connectivity index (χ2n) is 6.06. The number of thioether (sulfide) groups is 1. The van der Waals surface area contributed by atoms with Crippen LogP contribution >= 0.6 is 11.8 Å². The van der Waals surface area contributed by atoms with Gasteiger partial charge in [-0.1, -0.05) is 44.2 Å². The third-order valence-electron chi connectivity index (χ3n) is 3.83. The Balaban J connectivity index is 1.77. The zero-order valence-corrected chi connectivity index (χ0v) is 15.1. The summed E-state index contributed by atoms with van der Waals surface area (Å²) < 4.78 is 5.02. The minimum Gasteiger partial charge on any atom is -0.455 e. The number of carbonyl (C=O) groups excluding carboxylic acids is 2. The lowest BCUT2D eigenvalue weighted by Gasteiger charge is -2.17. The molecule has 1 amide bonds. The highest BCUT2D eigenvalue weighted by molar-refractivity contribution is 8.00. The van der Waals surface area contributed by atoms with E-state index in [9.17, 15) is 9.59 Å². The van der Waals surface area contributed by atoms with E-state index in [0.29, 0.717) is 5.92 Å². The van der Waals surface area contributed by atoms with E-state index in [4.69, 9.17) is 4.74 Å². The summed E-state index contributed by atoms with van der Waals surface area (Å²) in [5.74, 6) is -0.125. The number of rotatable bonds is 7. The van der Waals surface area contributed by atoms with E-state index in [2.05, 4.69) is 11.4 Å². The number of carbonyl (C=O) groups is 2. The Morgan fingerprint density at radius 2 is 1.79 bits per heavy atom. The molecule has 0 fully saturated rings. The molecule has 0 spiro atoms. The maximum atomic E-state index is 11.8. The van der Waals surface area contributed by atoms with Gasteiger partial charge in [-0.05, 0) is 35.7 Å². The van der Waals surface area contributed by atoms with Crippen LogP contribution in [-0.2, 0) is 14.3 Å². The summed E-state index contributed by atoms with van der Waals surface area (Å²) in [6.07, 6.45) is 0. The predicted molar refractivity (Wildman–Crippen MR) is 98.1 cm³/mol.